The molecule has 1 aromatic carbocycles. The van der Waals surface area contributed by atoms with Gasteiger partial charge in [0.15, 0.2) is 4.32 Å². The molecule has 2 saturated heterocycles. The molecule has 3 rings (SSSR count). The van der Waals surface area contributed by atoms with Crippen LogP contribution in [0.25, 0.3) is 0 Å². The monoisotopic (exact) mass is 360 g/mol. The number of thiocarbonyl (C=S) groups is 1. The summed E-state index contributed by atoms with van der Waals surface area (Å²) in [7, 11) is 0. The highest BCUT2D eigenvalue weighted by molar-refractivity contribution is 8.27. The molecule has 5 heteroatoms. The van der Waals surface area contributed by atoms with E-state index in [1.54, 1.807) is 4.90 Å². The first-order valence-electron chi connectivity index (χ1n) is 8.62. The van der Waals surface area contributed by atoms with Gasteiger partial charge in [-0.25, -0.2) is 0 Å². The normalized spacial score (nSPS) is 23.5. The second kappa shape index (κ2) is 7.28. The lowest BCUT2D eigenvalue weighted by atomic mass is 10.0. The van der Waals surface area contributed by atoms with Gasteiger partial charge in [0.2, 0.25) is 0 Å². The number of carbonyl (C=O) groups is 1. The molecular formula is C19H24N2OS2. The number of thioether (sulfide) groups is 1. The van der Waals surface area contributed by atoms with Gasteiger partial charge in [0.05, 0.1) is 10.6 Å². The van der Waals surface area contributed by atoms with Crippen LogP contribution in [0.3, 0.4) is 0 Å². The SMILES string of the molecule is CCC1CCCCN1C=C1SC(=S)N(c2ccc(C)cc2C)C1=O. The topological polar surface area (TPSA) is 23.6 Å². The van der Waals surface area contributed by atoms with Crippen LogP contribution in [-0.4, -0.2) is 27.7 Å². The number of rotatable bonds is 3. The minimum Gasteiger partial charge on any atom is -0.373 e. The average molecular weight is 361 g/mol. The van der Waals surface area contributed by atoms with Gasteiger partial charge in [-0.05, 0) is 51.2 Å². The van der Waals surface area contributed by atoms with E-state index in [4.69, 9.17) is 12.2 Å². The molecule has 2 aliphatic rings. The smallest absolute Gasteiger partial charge is 0.272 e. The van der Waals surface area contributed by atoms with Crippen molar-refractivity contribution in [1.82, 2.24) is 4.90 Å². The lowest BCUT2D eigenvalue weighted by Crippen LogP contribution is -2.35. The van der Waals surface area contributed by atoms with E-state index in [2.05, 4.69) is 31.0 Å². The van der Waals surface area contributed by atoms with Crippen molar-refractivity contribution < 1.29 is 4.79 Å². The van der Waals surface area contributed by atoms with Gasteiger partial charge in [-0.15, -0.1) is 0 Å². The van der Waals surface area contributed by atoms with Crippen LogP contribution in [0.1, 0.15) is 43.7 Å². The summed E-state index contributed by atoms with van der Waals surface area (Å²) in [5.74, 6) is 0.0115. The van der Waals surface area contributed by atoms with Crippen molar-refractivity contribution in [3.05, 3.63) is 40.4 Å². The highest BCUT2D eigenvalue weighted by atomic mass is 32.2. The maximum absolute atomic E-state index is 12.9. The maximum atomic E-state index is 12.9. The molecule has 3 nitrogen and oxygen atoms in total. The standard InChI is InChI=1S/C19H24N2OS2/c1-4-15-7-5-6-10-20(15)12-17-18(22)21(19(23)24-17)16-9-8-13(2)11-14(16)3/h8-9,11-12,15H,4-7,10H2,1-3H3. The number of nitrogens with zero attached hydrogens (tertiary/aromatic N) is 2. The van der Waals surface area contributed by atoms with Crippen LogP contribution in [-0.2, 0) is 4.79 Å². The van der Waals surface area contributed by atoms with Crippen LogP contribution in [0.2, 0.25) is 0 Å². The van der Waals surface area contributed by atoms with Crippen LogP contribution < -0.4 is 4.90 Å². The van der Waals surface area contributed by atoms with E-state index in [1.807, 2.05) is 19.1 Å². The van der Waals surface area contributed by atoms with E-state index in [0.717, 1.165) is 29.1 Å². The predicted octanol–water partition coefficient (Wildman–Crippen LogP) is 4.77. The van der Waals surface area contributed by atoms with Crippen LogP contribution in [0.4, 0.5) is 5.69 Å². The highest BCUT2D eigenvalue weighted by Gasteiger charge is 2.35. The minimum atomic E-state index is 0.0115. The maximum Gasteiger partial charge on any atom is 0.272 e. The number of hydrogen-bond donors (Lipinski definition) is 0. The number of piperidine rings is 1. The summed E-state index contributed by atoms with van der Waals surface area (Å²) in [5.41, 5.74) is 3.17. The fourth-order valence-corrected chi connectivity index (χ4v) is 4.78. The van der Waals surface area contributed by atoms with E-state index < -0.39 is 0 Å². The third-order valence-corrected chi connectivity index (χ3v) is 6.10. The largest absolute Gasteiger partial charge is 0.373 e. The highest BCUT2D eigenvalue weighted by Crippen LogP contribution is 2.37. The average Bonchev–Trinajstić information content (AvgIpc) is 2.83. The summed E-state index contributed by atoms with van der Waals surface area (Å²) in [6.07, 6.45) is 6.87. The van der Waals surface area contributed by atoms with E-state index in [0.29, 0.717) is 10.4 Å². The van der Waals surface area contributed by atoms with Crippen LogP contribution in [0, 0.1) is 13.8 Å². The molecule has 0 aromatic heterocycles. The summed E-state index contributed by atoms with van der Waals surface area (Å²) >= 11 is 6.93. The van der Waals surface area contributed by atoms with Crippen molar-refractivity contribution >= 4 is 39.9 Å². The second-order valence-corrected chi connectivity index (χ2v) is 8.26. The van der Waals surface area contributed by atoms with Gasteiger partial charge < -0.3 is 4.90 Å². The van der Waals surface area contributed by atoms with Crippen molar-refractivity contribution in [3.8, 4) is 0 Å². The molecule has 0 N–H and O–H groups in total. The fraction of sp³-hybridized carbons (Fsp3) is 0.474. The Morgan fingerprint density at radius 1 is 1.33 bits per heavy atom. The second-order valence-electron chi connectivity index (χ2n) is 6.59. The first-order valence-corrected chi connectivity index (χ1v) is 9.84. The quantitative estimate of drug-likeness (QED) is 0.572. The molecule has 1 amide bonds. The Kier molecular flexibility index (Phi) is 5.30. The number of hydrogen-bond acceptors (Lipinski definition) is 4. The van der Waals surface area contributed by atoms with Gasteiger partial charge in [0.1, 0.15) is 0 Å². The molecule has 2 aliphatic heterocycles. The van der Waals surface area contributed by atoms with Gasteiger partial charge in [-0.2, -0.15) is 0 Å². The Hall–Kier alpha value is -1.33. The zero-order chi connectivity index (χ0) is 17.3. The lowest BCUT2D eigenvalue weighted by Gasteiger charge is -2.34. The summed E-state index contributed by atoms with van der Waals surface area (Å²) in [4.78, 5) is 17.7. The minimum absolute atomic E-state index is 0.0115. The van der Waals surface area contributed by atoms with Crippen molar-refractivity contribution in [2.24, 2.45) is 0 Å². The molecule has 2 fully saturated rings. The lowest BCUT2D eigenvalue weighted by molar-refractivity contribution is -0.113. The molecule has 0 radical (unpaired) electrons. The Bertz CT molecular complexity index is 699. The Morgan fingerprint density at radius 3 is 2.83 bits per heavy atom. The molecule has 1 aromatic rings. The molecule has 0 saturated carbocycles. The third-order valence-electron chi connectivity index (χ3n) is 4.81. The zero-order valence-corrected chi connectivity index (χ0v) is 16.2. The summed E-state index contributed by atoms with van der Waals surface area (Å²) in [6.45, 7) is 7.34. The van der Waals surface area contributed by atoms with E-state index in [9.17, 15) is 4.79 Å². The van der Waals surface area contributed by atoms with E-state index >= 15 is 0 Å². The molecular weight excluding hydrogens is 336 g/mol. The van der Waals surface area contributed by atoms with Gasteiger partial charge in [0, 0.05) is 18.8 Å². The van der Waals surface area contributed by atoms with Gasteiger partial charge in [-0.3, -0.25) is 9.69 Å². The van der Waals surface area contributed by atoms with Crippen molar-refractivity contribution in [1.29, 1.82) is 0 Å². The van der Waals surface area contributed by atoms with Gasteiger partial charge in [-0.1, -0.05) is 48.6 Å². The first-order chi connectivity index (χ1) is 11.5. The molecule has 2 heterocycles. The number of likely N-dealkylation sites (tertiary alicyclic amines) is 1. The summed E-state index contributed by atoms with van der Waals surface area (Å²) < 4.78 is 0.628. The van der Waals surface area contributed by atoms with Crippen molar-refractivity contribution in [2.45, 2.75) is 52.5 Å². The summed E-state index contributed by atoms with van der Waals surface area (Å²) in [5, 5.41) is 0. The van der Waals surface area contributed by atoms with Crippen LogP contribution >= 0.6 is 24.0 Å². The molecule has 1 unspecified atom stereocenters. The number of amides is 1. The van der Waals surface area contributed by atoms with Gasteiger partial charge >= 0.3 is 0 Å². The number of aryl methyl sites for hydroxylation is 2. The van der Waals surface area contributed by atoms with Gasteiger partial charge in [0.25, 0.3) is 5.91 Å². The zero-order valence-electron chi connectivity index (χ0n) is 14.5. The molecule has 24 heavy (non-hydrogen) atoms. The molecule has 1 atom stereocenters. The fourth-order valence-electron chi connectivity index (χ4n) is 3.50. The third kappa shape index (κ3) is 3.38. The predicted molar refractivity (Wildman–Crippen MR) is 106 cm³/mol. The Morgan fingerprint density at radius 2 is 2.12 bits per heavy atom. The number of carbonyl (C=O) groups excluding carboxylic acids is 1. The summed E-state index contributed by atoms with van der Waals surface area (Å²) in [6, 6.07) is 6.66. The molecule has 128 valence electrons. The van der Waals surface area contributed by atoms with Crippen molar-refractivity contribution in [3.63, 3.8) is 0 Å². The van der Waals surface area contributed by atoms with Crippen LogP contribution in [0.5, 0.6) is 0 Å². The molecule has 0 bridgehead atoms. The molecule has 0 spiro atoms. The Balaban J connectivity index is 1.87. The van der Waals surface area contributed by atoms with Crippen LogP contribution in [0.15, 0.2) is 29.3 Å². The number of benzene rings is 1. The van der Waals surface area contributed by atoms with Crippen molar-refractivity contribution in [2.75, 3.05) is 11.4 Å². The number of anilines is 1. The Labute approximate surface area is 154 Å². The van der Waals surface area contributed by atoms with E-state index in [-0.39, 0.29) is 5.91 Å². The molecule has 0 aliphatic carbocycles. The van der Waals surface area contributed by atoms with E-state index in [1.165, 1.54) is 36.6 Å². The first kappa shape index (κ1) is 17.5.